The summed E-state index contributed by atoms with van der Waals surface area (Å²) in [5.74, 6) is -1.27. The lowest BCUT2D eigenvalue weighted by molar-refractivity contribution is -0.140. The van der Waals surface area contributed by atoms with Crippen LogP contribution in [0.25, 0.3) is 0 Å². The van der Waals surface area contributed by atoms with Crippen molar-refractivity contribution in [2.24, 2.45) is 5.92 Å². The summed E-state index contributed by atoms with van der Waals surface area (Å²) in [7, 11) is -4.29. The largest absolute Gasteiger partial charge is 0.354 e. The highest BCUT2D eigenvalue weighted by molar-refractivity contribution is 7.92. The van der Waals surface area contributed by atoms with Gasteiger partial charge in [-0.3, -0.25) is 13.9 Å². The monoisotopic (exact) mass is 615 g/mol. The number of amides is 2. The van der Waals surface area contributed by atoms with Crippen molar-refractivity contribution in [2.45, 2.75) is 44.7 Å². The summed E-state index contributed by atoms with van der Waals surface area (Å²) in [5.41, 5.74) is 2.92. The first-order chi connectivity index (χ1) is 21.0. The minimum Gasteiger partial charge on any atom is -0.354 e. The highest BCUT2D eigenvalue weighted by atomic mass is 32.2. The zero-order valence-electron chi connectivity index (χ0n) is 25.2. The van der Waals surface area contributed by atoms with E-state index in [0.717, 1.165) is 33.1 Å². The van der Waals surface area contributed by atoms with Gasteiger partial charge in [0, 0.05) is 19.5 Å². The first-order valence-corrected chi connectivity index (χ1v) is 16.0. The van der Waals surface area contributed by atoms with Gasteiger partial charge in [-0.25, -0.2) is 12.8 Å². The number of hydrogen-bond acceptors (Lipinski definition) is 4. The Labute approximate surface area is 259 Å². The molecule has 1 atom stereocenters. The van der Waals surface area contributed by atoms with Gasteiger partial charge in [-0.2, -0.15) is 0 Å². The number of carbonyl (C=O) groups excluding carboxylic acids is 2. The molecule has 7 nitrogen and oxygen atoms in total. The standard InChI is InChI=1S/C35H38FN3O4S/c1-26(2)23-37-35(41)33(22-28-12-6-4-7-13-28)38(24-29-14-10-11-27(3)21-29)34(40)25-39(31-15-8-5-9-16-31)44(42,43)32-19-17-30(36)18-20-32/h4-21,26,33H,22-25H2,1-3H3,(H,37,41)/t33-/m1/s1. The minimum atomic E-state index is -4.29. The Kier molecular flexibility index (Phi) is 10.9. The Bertz CT molecular complexity index is 1650. The van der Waals surface area contributed by atoms with Gasteiger partial charge in [-0.15, -0.1) is 0 Å². The first kappa shape index (κ1) is 32.4. The van der Waals surface area contributed by atoms with Crippen LogP contribution in [0.3, 0.4) is 0 Å². The first-order valence-electron chi connectivity index (χ1n) is 14.5. The molecule has 0 aliphatic carbocycles. The molecule has 4 aromatic rings. The van der Waals surface area contributed by atoms with E-state index in [1.807, 2.05) is 75.4 Å². The van der Waals surface area contributed by atoms with Gasteiger partial charge in [0.15, 0.2) is 0 Å². The number of benzene rings is 4. The summed E-state index contributed by atoms with van der Waals surface area (Å²) in [6.45, 7) is 5.86. The lowest BCUT2D eigenvalue weighted by atomic mass is 10.0. The summed E-state index contributed by atoms with van der Waals surface area (Å²) in [4.78, 5) is 29.5. The Balaban J connectivity index is 1.78. The van der Waals surface area contributed by atoms with Gasteiger partial charge in [0.05, 0.1) is 10.6 Å². The highest BCUT2D eigenvalue weighted by Crippen LogP contribution is 2.25. The van der Waals surface area contributed by atoms with E-state index in [-0.39, 0.29) is 35.4 Å². The van der Waals surface area contributed by atoms with Crippen LogP contribution in [0, 0.1) is 18.7 Å². The van der Waals surface area contributed by atoms with E-state index >= 15 is 0 Å². The van der Waals surface area contributed by atoms with Crippen LogP contribution >= 0.6 is 0 Å². The SMILES string of the molecule is Cc1cccc(CN(C(=O)CN(c2ccccc2)S(=O)(=O)c2ccc(F)cc2)[C@H](Cc2ccccc2)C(=O)NCC(C)C)c1. The van der Waals surface area contributed by atoms with E-state index in [2.05, 4.69) is 5.32 Å². The molecule has 4 rings (SSSR count). The second-order valence-electron chi connectivity index (χ2n) is 11.2. The Morgan fingerprint density at radius 1 is 0.818 bits per heavy atom. The second kappa shape index (κ2) is 14.8. The number of carbonyl (C=O) groups is 2. The predicted octanol–water partition coefficient (Wildman–Crippen LogP) is 5.74. The molecular weight excluding hydrogens is 577 g/mol. The van der Waals surface area contributed by atoms with Crippen molar-refractivity contribution < 1.29 is 22.4 Å². The van der Waals surface area contributed by atoms with Crippen LogP contribution < -0.4 is 9.62 Å². The maximum absolute atomic E-state index is 14.4. The topological polar surface area (TPSA) is 86.8 Å². The maximum atomic E-state index is 14.4. The molecule has 4 aromatic carbocycles. The summed E-state index contributed by atoms with van der Waals surface area (Å²) < 4.78 is 42.6. The summed E-state index contributed by atoms with van der Waals surface area (Å²) in [6, 6.07) is 28.9. The van der Waals surface area contributed by atoms with Crippen molar-refractivity contribution in [1.82, 2.24) is 10.2 Å². The number of aryl methyl sites for hydroxylation is 1. The molecule has 44 heavy (non-hydrogen) atoms. The molecule has 0 spiro atoms. The van der Waals surface area contributed by atoms with Gasteiger partial charge in [0.1, 0.15) is 18.4 Å². The number of para-hydroxylation sites is 1. The fourth-order valence-corrected chi connectivity index (χ4v) is 6.25. The molecule has 0 aliphatic heterocycles. The third kappa shape index (κ3) is 8.54. The van der Waals surface area contributed by atoms with Crippen molar-refractivity contribution >= 4 is 27.5 Å². The van der Waals surface area contributed by atoms with Crippen LogP contribution in [0.4, 0.5) is 10.1 Å². The molecule has 0 fully saturated rings. The van der Waals surface area contributed by atoms with Crippen molar-refractivity contribution in [1.29, 1.82) is 0 Å². The van der Waals surface area contributed by atoms with E-state index in [1.165, 1.54) is 17.0 Å². The minimum absolute atomic E-state index is 0.0896. The summed E-state index contributed by atoms with van der Waals surface area (Å²) in [6.07, 6.45) is 0.234. The maximum Gasteiger partial charge on any atom is 0.264 e. The molecule has 2 amide bonds. The van der Waals surface area contributed by atoms with Gasteiger partial charge in [0.2, 0.25) is 11.8 Å². The molecule has 0 aliphatic rings. The quantitative estimate of drug-likeness (QED) is 0.208. The van der Waals surface area contributed by atoms with E-state index in [1.54, 1.807) is 30.3 Å². The summed E-state index contributed by atoms with van der Waals surface area (Å²) in [5, 5.41) is 2.98. The van der Waals surface area contributed by atoms with Gasteiger partial charge in [0.25, 0.3) is 10.0 Å². The second-order valence-corrected chi connectivity index (χ2v) is 13.0. The molecule has 0 heterocycles. The van der Waals surface area contributed by atoms with Crippen LogP contribution in [0.1, 0.15) is 30.5 Å². The normalized spacial score (nSPS) is 12.0. The van der Waals surface area contributed by atoms with Crippen LogP contribution in [0.2, 0.25) is 0 Å². The molecule has 0 saturated heterocycles. The number of sulfonamides is 1. The highest BCUT2D eigenvalue weighted by Gasteiger charge is 2.34. The van der Waals surface area contributed by atoms with Crippen LogP contribution in [-0.2, 0) is 32.6 Å². The van der Waals surface area contributed by atoms with E-state index in [0.29, 0.717) is 6.54 Å². The van der Waals surface area contributed by atoms with Gasteiger partial charge in [-0.1, -0.05) is 92.2 Å². The Hall–Kier alpha value is -4.50. The Morgan fingerprint density at radius 2 is 1.43 bits per heavy atom. The predicted molar refractivity (Wildman–Crippen MR) is 171 cm³/mol. The van der Waals surface area contributed by atoms with E-state index in [4.69, 9.17) is 0 Å². The Morgan fingerprint density at radius 3 is 2.05 bits per heavy atom. The van der Waals surface area contributed by atoms with E-state index in [9.17, 15) is 22.4 Å². The molecule has 0 radical (unpaired) electrons. The number of hydrogen-bond donors (Lipinski definition) is 1. The number of nitrogens with zero attached hydrogens (tertiary/aromatic N) is 2. The van der Waals surface area contributed by atoms with Crippen molar-refractivity contribution in [2.75, 3.05) is 17.4 Å². The lowest BCUT2D eigenvalue weighted by Gasteiger charge is -2.34. The smallest absolute Gasteiger partial charge is 0.264 e. The molecular formula is C35H38FN3O4S. The third-order valence-corrected chi connectivity index (χ3v) is 8.90. The zero-order chi connectivity index (χ0) is 31.7. The van der Waals surface area contributed by atoms with Crippen LogP contribution in [0.15, 0.2) is 114 Å². The molecule has 0 saturated carbocycles. The number of halogens is 1. The number of anilines is 1. The molecule has 0 bridgehead atoms. The molecule has 0 aromatic heterocycles. The average molecular weight is 616 g/mol. The van der Waals surface area contributed by atoms with Crippen molar-refractivity contribution in [3.8, 4) is 0 Å². The van der Waals surface area contributed by atoms with Crippen LogP contribution in [-0.4, -0.2) is 44.3 Å². The molecule has 1 N–H and O–H groups in total. The summed E-state index contributed by atoms with van der Waals surface area (Å²) >= 11 is 0. The van der Waals surface area contributed by atoms with Gasteiger partial charge < -0.3 is 10.2 Å². The van der Waals surface area contributed by atoms with Crippen molar-refractivity contribution in [3.63, 3.8) is 0 Å². The van der Waals surface area contributed by atoms with Gasteiger partial charge >= 0.3 is 0 Å². The molecule has 9 heteroatoms. The fraction of sp³-hybridized carbons (Fsp3) is 0.257. The average Bonchev–Trinajstić information content (AvgIpc) is 3.01. The van der Waals surface area contributed by atoms with Crippen molar-refractivity contribution in [3.05, 3.63) is 132 Å². The number of rotatable bonds is 13. The number of nitrogens with one attached hydrogen (secondary N) is 1. The van der Waals surface area contributed by atoms with Gasteiger partial charge in [-0.05, 0) is 60.4 Å². The fourth-order valence-electron chi connectivity index (χ4n) is 4.84. The lowest BCUT2D eigenvalue weighted by Crippen LogP contribution is -2.53. The van der Waals surface area contributed by atoms with Crippen LogP contribution in [0.5, 0.6) is 0 Å². The molecule has 0 unspecified atom stereocenters. The molecule has 230 valence electrons. The zero-order valence-corrected chi connectivity index (χ0v) is 26.0. The third-order valence-electron chi connectivity index (χ3n) is 7.12. The van der Waals surface area contributed by atoms with E-state index < -0.39 is 34.3 Å².